The number of ether oxygens (including phenoxy) is 1. The lowest BCUT2D eigenvalue weighted by Gasteiger charge is -2.02. The zero-order chi connectivity index (χ0) is 16.7. The Kier molecular flexibility index (Phi) is 6.32. The van der Waals surface area contributed by atoms with Gasteiger partial charge in [0.15, 0.2) is 0 Å². The van der Waals surface area contributed by atoms with E-state index in [-0.39, 0.29) is 5.97 Å². The molecular formula is C18H20O4. The first-order valence-corrected chi connectivity index (χ1v) is 6.82. The van der Waals surface area contributed by atoms with E-state index in [9.17, 15) is 9.59 Å². The van der Waals surface area contributed by atoms with Gasteiger partial charge in [-0.25, -0.2) is 9.59 Å². The van der Waals surface area contributed by atoms with Crippen LogP contribution >= 0.6 is 0 Å². The molecule has 0 saturated heterocycles. The largest absolute Gasteiger partial charge is 0.478 e. The van der Waals surface area contributed by atoms with Gasteiger partial charge in [0.25, 0.3) is 0 Å². The molecule has 0 saturated carbocycles. The van der Waals surface area contributed by atoms with Gasteiger partial charge in [-0.1, -0.05) is 30.3 Å². The van der Waals surface area contributed by atoms with Crippen LogP contribution in [0.25, 0.3) is 0 Å². The number of esters is 1. The molecule has 0 fully saturated rings. The van der Waals surface area contributed by atoms with E-state index in [1.54, 1.807) is 18.2 Å². The van der Waals surface area contributed by atoms with Gasteiger partial charge in [0, 0.05) is 0 Å². The summed E-state index contributed by atoms with van der Waals surface area (Å²) in [5, 5.41) is 8.69. The molecule has 0 radical (unpaired) electrons. The van der Waals surface area contributed by atoms with Crippen LogP contribution in [0.5, 0.6) is 0 Å². The molecule has 0 aliphatic carbocycles. The molecule has 22 heavy (non-hydrogen) atoms. The van der Waals surface area contributed by atoms with Crippen LogP contribution in [0.4, 0.5) is 0 Å². The number of methoxy groups -OCH3 is 1. The fraction of sp³-hybridized carbons (Fsp3) is 0.222. The maximum Gasteiger partial charge on any atom is 0.338 e. The van der Waals surface area contributed by atoms with Gasteiger partial charge in [-0.15, -0.1) is 0 Å². The lowest BCUT2D eigenvalue weighted by molar-refractivity contribution is 0.0599. The lowest BCUT2D eigenvalue weighted by Crippen LogP contribution is -2.02. The van der Waals surface area contributed by atoms with Gasteiger partial charge in [0.05, 0.1) is 18.2 Å². The zero-order valence-electron chi connectivity index (χ0n) is 13.2. The van der Waals surface area contributed by atoms with Crippen LogP contribution in [0.2, 0.25) is 0 Å². The number of aryl methyl sites for hydroxylation is 2. The Balaban J connectivity index is 0.000000220. The first-order valence-electron chi connectivity index (χ1n) is 6.82. The predicted octanol–water partition coefficient (Wildman–Crippen LogP) is 3.78. The molecule has 116 valence electrons. The maximum absolute atomic E-state index is 11.0. The van der Waals surface area contributed by atoms with E-state index in [2.05, 4.69) is 4.74 Å². The van der Waals surface area contributed by atoms with E-state index in [0.29, 0.717) is 11.1 Å². The summed E-state index contributed by atoms with van der Waals surface area (Å²) in [4.78, 5) is 21.6. The molecule has 2 aromatic rings. The molecule has 4 heteroatoms. The Labute approximate surface area is 130 Å². The highest BCUT2D eigenvalue weighted by atomic mass is 16.5. The third kappa shape index (κ3) is 4.45. The highest BCUT2D eigenvalue weighted by Crippen LogP contribution is 2.11. The highest BCUT2D eigenvalue weighted by molar-refractivity contribution is 5.90. The Bertz CT molecular complexity index is 675. The molecule has 0 aliphatic heterocycles. The molecule has 0 spiro atoms. The number of hydrogen-bond acceptors (Lipinski definition) is 3. The zero-order valence-corrected chi connectivity index (χ0v) is 13.2. The fourth-order valence-electron chi connectivity index (χ4n) is 1.89. The van der Waals surface area contributed by atoms with Gasteiger partial charge in [-0.2, -0.15) is 0 Å². The highest BCUT2D eigenvalue weighted by Gasteiger charge is 2.06. The van der Waals surface area contributed by atoms with Crippen molar-refractivity contribution >= 4 is 11.9 Å². The van der Waals surface area contributed by atoms with Gasteiger partial charge in [0.2, 0.25) is 0 Å². The van der Waals surface area contributed by atoms with Crippen molar-refractivity contribution < 1.29 is 19.4 Å². The molecule has 2 rings (SSSR count). The summed E-state index contributed by atoms with van der Waals surface area (Å²) in [5.41, 5.74) is 3.84. The van der Waals surface area contributed by atoms with Crippen LogP contribution in [0.15, 0.2) is 42.5 Å². The molecule has 4 nitrogen and oxygen atoms in total. The first kappa shape index (κ1) is 17.4. The standard InChI is InChI=1S/2C9H10O2/c1-7-5-3-4-6-8(7)9(10)11-2;1-6-4-3-5-8(7(6)2)9(10)11/h3-6H,1-2H3;3-5H,1-2H3,(H,10,11). The van der Waals surface area contributed by atoms with Crippen molar-refractivity contribution in [3.8, 4) is 0 Å². The minimum atomic E-state index is -0.855. The number of benzene rings is 2. The molecule has 0 atom stereocenters. The monoisotopic (exact) mass is 300 g/mol. The Morgan fingerprint density at radius 2 is 1.41 bits per heavy atom. The van der Waals surface area contributed by atoms with Crippen molar-refractivity contribution in [1.29, 1.82) is 0 Å². The summed E-state index contributed by atoms with van der Waals surface area (Å²) >= 11 is 0. The molecule has 0 bridgehead atoms. The summed E-state index contributed by atoms with van der Waals surface area (Å²) in [5.74, 6) is -1.13. The number of carboxylic acids is 1. The topological polar surface area (TPSA) is 63.6 Å². The summed E-state index contributed by atoms with van der Waals surface area (Å²) in [7, 11) is 1.38. The quantitative estimate of drug-likeness (QED) is 0.857. The minimum Gasteiger partial charge on any atom is -0.478 e. The molecule has 0 unspecified atom stereocenters. The Hall–Kier alpha value is -2.62. The second-order valence-corrected chi connectivity index (χ2v) is 4.86. The average Bonchev–Trinajstić information content (AvgIpc) is 2.50. The number of hydrogen-bond donors (Lipinski definition) is 1. The second-order valence-electron chi connectivity index (χ2n) is 4.86. The van der Waals surface area contributed by atoms with Gasteiger partial charge in [-0.05, 0) is 49.6 Å². The summed E-state index contributed by atoms with van der Waals surface area (Å²) < 4.78 is 4.58. The van der Waals surface area contributed by atoms with Crippen LogP contribution in [-0.4, -0.2) is 24.2 Å². The maximum atomic E-state index is 11.0. The van der Waals surface area contributed by atoms with Crippen LogP contribution in [0, 0.1) is 20.8 Å². The van der Waals surface area contributed by atoms with Gasteiger partial charge in [-0.3, -0.25) is 0 Å². The average molecular weight is 300 g/mol. The van der Waals surface area contributed by atoms with Gasteiger partial charge < -0.3 is 9.84 Å². The van der Waals surface area contributed by atoms with Crippen molar-refractivity contribution in [1.82, 2.24) is 0 Å². The third-order valence-corrected chi connectivity index (χ3v) is 3.39. The summed E-state index contributed by atoms with van der Waals surface area (Å²) in [6.07, 6.45) is 0. The van der Waals surface area contributed by atoms with E-state index in [4.69, 9.17) is 5.11 Å². The molecule has 1 N–H and O–H groups in total. The second kappa shape index (κ2) is 7.98. The lowest BCUT2D eigenvalue weighted by atomic mass is 10.0. The van der Waals surface area contributed by atoms with Crippen LogP contribution in [-0.2, 0) is 4.74 Å². The summed E-state index contributed by atoms with van der Waals surface area (Å²) in [6, 6.07) is 12.6. The van der Waals surface area contributed by atoms with Crippen molar-refractivity contribution in [2.45, 2.75) is 20.8 Å². The van der Waals surface area contributed by atoms with E-state index < -0.39 is 5.97 Å². The summed E-state index contributed by atoms with van der Waals surface area (Å²) in [6.45, 7) is 5.60. The van der Waals surface area contributed by atoms with E-state index >= 15 is 0 Å². The smallest absolute Gasteiger partial charge is 0.338 e. The van der Waals surface area contributed by atoms with E-state index in [0.717, 1.165) is 16.7 Å². The molecule has 0 aliphatic rings. The Morgan fingerprint density at radius 1 is 0.864 bits per heavy atom. The molecule has 0 amide bonds. The predicted molar refractivity (Wildman–Crippen MR) is 85.4 cm³/mol. The van der Waals surface area contributed by atoms with Crippen molar-refractivity contribution in [3.63, 3.8) is 0 Å². The minimum absolute atomic E-state index is 0.275. The number of rotatable bonds is 2. The number of carboxylic acid groups (broad SMARTS) is 1. The molecule has 0 aromatic heterocycles. The van der Waals surface area contributed by atoms with Gasteiger partial charge >= 0.3 is 11.9 Å². The first-order chi connectivity index (χ1) is 10.4. The van der Waals surface area contributed by atoms with E-state index in [1.165, 1.54) is 7.11 Å². The van der Waals surface area contributed by atoms with E-state index in [1.807, 2.05) is 45.0 Å². The van der Waals surface area contributed by atoms with Crippen molar-refractivity contribution in [2.75, 3.05) is 7.11 Å². The molecule has 2 aromatic carbocycles. The number of carbonyl (C=O) groups excluding carboxylic acids is 1. The number of carbonyl (C=O) groups is 2. The van der Waals surface area contributed by atoms with Crippen LogP contribution < -0.4 is 0 Å². The fourth-order valence-corrected chi connectivity index (χ4v) is 1.89. The third-order valence-electron chi connectivity index (χ3n) is 3.39. The van der Waals surface area contributed by atoms with Crippen molar-refractivity contribution in [2.24, 2.45) is 0 Å². The molecule has 0 heterocycles. The Morgan fingerprint density at radius 3 is 1.91 bits per heavy atom. The van der Waals surface area contributed by atoms with Gasteiger partial charge in [0.1, 0.15) is 0 Å². The normalized spacial score (nSPS) is 9.45. The van der Waals surface area contributed by atoms with Crippen molar-refractivity contribution in [3.05, 3.63) is 70.3 Å². The SMILES string of the molecule is COC(=O)c1ccccc1C.Cc1cccc(C(=O)O)c1C. The molecular weight excluding hydrogens is 280 g/mol. The van der Waals surface area contributed by atoms with Crippen LogP contribution in [0.1, 0.15) is 37.4 Å². The van der Waals surface area contributed by atoms with Crippen LogP contribution in [0.3, 0.4) is 0 Å². The number of aromatic carboxylic acids is 1.